The second kappa shape index (κ2) is 2.22. The van der Waals surface area contributed by atoms with E-state index in [1.54, 1.807) is 6.92 Å². The number of nitrogens with one attached hydrogen (secondary N) is 1. The van der Waals surface area contributed by atoms with Crippen LogP contribution in [0.15, 0.2) is 0 Å². The Bertz CT molecular complexity index is 217. The highest BCUT2D eigenvalue weighted by Crippen LogP contribution is 2.50. The van der Waals surface area contributed by atoms with Crippen molar-refractivity contribution in [1.29, 1.82) is 0 Å². The Hall–Kier alpha value is -0.570. The number of hydrogen-bond acceptors (Lipinski definition) is 2. The van der Waals surface area contributed by atoms with E-state index in [0.717, 1.165) is 32.1 Å². The third-order valence-electron chi connectivity index (χ3n) is 3.25. The molecule has 0 radical (unpaired) electrons. The molecule has 0 aliphatic heterocycles. The summed E-state index contributed by atoms with van der Waals surface area (Å²) >= 11 is 0. The van der Waals surface area contributed by atoms with E-state index >= 15 is 0 Å². The Morgan fingerprint density at radius 1 is 1.33 bits per heavy atom. The molecule has 0 aromatic heterocycles. The Kier molecular flexibility index (Phi) is 1.49. The summed E-state index contributed by atoms with van der Waals surface area (Å²) in [4.78, 5) is 10.9. The maximum Gasteiger partial charge on any atom is 0.217 e. The lowest BCUT2D eigenvalue weighted by Gasteiger charge is -2.26. The number of carbonyl (C=O) groups is 1. The van der Waals surface area contributed by atoms with E-state index in [0.29, 0.717) is 0 Å². The second-order valence-electron chi connectivity index (χ2n) is 4.36. The third kappa shape index (κ3) is 1.12. The number of carbonyl (C=O) groups excluding carboxylic acids is 1. The van der Waals surface area contributed by atoms with Gasteiger partial charge in [0.1, 0.15) is 0 Å². The maximum atomic E-state index is 10.9. The molecule has 2 fully saturated rings. The molecular formula is C9H15NO2. The van der Waals surface area contributed by atoms with Crippen molar-refractivity contribution < 1.29 is 9.90 Å². The number of aliphatic hydroxyl groups is 1. The molecule has 2 aliphatic rings. The van der Waals surface area contributed by atoms with E-state index in [4.69, 9.17) is 0 Å². The summed E-state index contributed by atoms with van der Waals surface area (Å²) in [5.41, 5.74) is -0.511. The van der Waals surface area contributed by atoms with Gasteiger partial charge in [-0.2, -0.15) is 0 Å². The molecule has 0 aromatic rings. The fourth-order valence-corrected chi connectivity index (χ4v) is 2.72. The van der Waals surface area contributed by atoms with Gasteiger partial charge in [-0.15, -0.1) is 0 Å². The van der Waals surface area contributed by atoms with Crippen LogP contribution < -0.4 is 5.32 Å². The zero-order chi connectivity index (χ0) is 8.82. The minimum absolute atomic E-state index is 0.0288. The Balaban J connectivity index is 2.10. The lowest BCUT2D eigenvalue weighted by atomic mass is 9.93. The van der Waals surface area contributed by atoms with Gasteiger partial charge in [0.15, 0.2) is 0 Å². The normalized spacial score (nSPS) is 44.8. The minimum Gasteiger partial charge on any atom is -0.390 e. The van der Waals surface area contributed by atoms with Gasteiger partial charge < -0.3 is 10.4 Å². The van der Waals surface area contributed by atoms with Gasteiger partial charge in [-0.3, -0.25) is 4.79 Å². The average Bonchev–Trinajstić information content (AvgIpc) is 2.39. The lowest BCUT2D eigenvalue weighted by molar-refractivity contribution is -0.120. The molecule has 12 heavy (non-hydrogen) atoms. The van der Waals surface area contributed by atoms with Crippen LogP contribution in [0.25, 0.3) is 0 Å². The predicted molar refractivity (Wildman–Crippen MR) is 44.6 cm³/mol. The molecule has 0 saturated heterocycles. The van der Waals surface area contributed by atoms with Gasteiger partial charge >= 0.3 is 0 Å². The van der Waals surface area contributed by atoms with Crippen molar-refractivity contribution in [2.45, 2.75) is 50.2 Å². The fourth-order valence-electron chi connectivity index (χ4n) is 2.72. The highest BCUT2D eigenvalue weighted by molar-refractivity contribution is 5.74. The van der Waals surface area contributed by atoms with Crippen molar-refractivity contribution in [3.8, 4) is 0 Å². The molecule has 0 unspecified atom stereocenters. The molecule has 3 heteroatoms. The van der Waals surface area contributed by atoms with Gasteiger partial charge in [-0.25, -0.2) is 0 Å². The van der Waals surface area contributed by atoms with Crippen molar-refractivity contribution in [1.82, 2.24) is 5.32 Å². The van der Waals surface area contributed by atoms with Crippen LogP contribution in [0.2, 0.25) is 0 Å². The van der Waals surface area contributed by atoms with Crippen molar-refractivity contribution in [2.24, 2.45) is 0 Å². The van der Waals surface area contributed by atoms with Crippen molar-refractivity contribution in [2.75, 3.05) is 0 Å². The molecule has 1 amide bonds. The fraction of sp³-hybridized carbons (Fsp3) is 0.889. The van der Waals surface area contributed by atoms with Gasteiger partial charge in [0, 0.05) is 12.5 Å². The smallest absolute Gasteiger partial charge is 0.217 e. The summed E-state index contributed by atoms with van der Waals surface area (Å²) in [5.74, 6) is 0.0288. The first-order valence-electron chi connectivity index (χ1n) is 4.55. The first-order valence-corrected chi connectivity index (χ1v) is 4.55. The monoisotopic (exact) mass is 169 g/mol. The molecule has 0 spiro atoms. The van der Waals surface area contributed by atoms with Gasteiger partial charge in [-0.05, 0) is 32.1 Å². The summed E-state index contributed by atoms with van der Waals surface area (Å²) in [6, 6.07) is 0. The molecule has 2 bridgehead atoms. The van der Waals surface area contributed by atoms with Gasteiger partial charge in [0.25, 0.3) is 0 Å². The van der Waals surface area contributed by atoms with Crippen LogP contribution >= 0.6 is 0 Å². The lowest BCUT2D eigenvalue weighted by Crippen LogP contribution is -2.43. The van der Waals surface area contributed by atoms with E-state index in [-0.39, 0.29) is 11.4 Å². The van der Waals surface area contributed by atoms with Crippen LogP contribution in [0.3, 0.4) is 0 Å². The summed E-state index contributed by atoms with van der Waals surface area (Å²) in [6.45, 7) is 1.55. The molecule has 2 saturated carbocycles. The van der Waals surface area contributed by atoms with E-state index in [1.807, 2.05) is 0 Å². The number of amides is 1. The van der Waals surface area contributed by atoms with Crippen LogP contribution in [0.4, 0.5) is 0 Å². The maximum absolute atomic E-state index is 10.9. The molecule has 0 heterocycles. The molecule has 2 rings (SSSR count). The Morgan fingerprint density at radius 2 is 1.92 bits per heavy atom. The van der Waals surface area contributed by atoms with Gasteiger partial charge in [-0.1, -0.05) is 0 Å². The first kappa shape index (κ1) is 8.05. The SMILES string of the molecule is CC(=O)NC12CCC(O)(CC1)C2. The summed E-state index contributed by atoms with van der Waals surface area (Å²) in [7, 11) is 0. The molecule has 2 aliphatic carbocycles. The zero-order valence-electron chi connectivity index (χ0n) is 7.39. The number of rotatable bonds is 1. The molecular weight excluding hydrogens is 154 g/mol. The van der Waals surface area contributed by atoms with Crippen LogP contribution in [-0.4, -0.2) is 22.2 Å². The van der Waals surface area contributed by atoms with Crippen molar-refractivity contribution >= 4 is 5.91 Å². The Morgan fingerprint density at radius 3 is 2.25 bits per heavy atom. The highest BCUT2D eigenvalue weighted by Gasteiger charge is 2.53. The number of hydrogen-bond donors (Lipinski definition) is 2. The minimum atomic E-state index is -0.456. The average molecular weight is 169 g/mol. The van der Waals surface area contributed by atoms with Gasteiger partial charge in [0.2, 0.25) is 5.91 Å². The molecule has 0 aromatic carbocycles. The van der Waals surface area contributed by atoms with Crippen molar-refractivity contribution in [3.05, 3.63) is 0 Å². The summed E-state index contributed by atoms with van der Waals surface area (Å²) in [6.07, 6.45) is 4.37. The van der Waals surface area contributed by atoms with Crippen LogP contribution in [0, 0.1) is 0 Å². The largest absolute Gasteiger partial charge is 0.390 e. The Labute approximate surface area is 72.2 Å². The van der Waals surface area contributed by atoms with Crippen LogP contribution in [0.1, 0.15) is 39.0 Å². The zero-order valence-corrected chi connectivity index (χ0v) is 7.39. The van der Waals surface area contributed by atoms with E-state index in [1.165, 1.54) is 0 Å². The van der Waals surface area contributed by atoms with E-state index in [2.05, 4.69) is 5.32 Å². The third-order valence-corrected chi connectivity index (χ3v) is 3.25. The van der Waals surface area contributed by atoms with Crippen LogP contribution in [-0.2, 0) is 4.79 Å². The van der Waals surface area contributed by atoms with Gasteiger partial charge in [0.05, 0.1) is 5.60 Å². The number of fused-ring (bicyclic) bond motifs is 2. The summed E-state index contributed by atoms with van der Waals surface area (Å²) < 4.78 is 0. The topological polar surface area (TPSA) is 49.3 Å². The van der Waals surface area contributed by atoms with Crippen molar-refractivity contribution in [3.63, 3.8) is 0 Å². The highest BCUT2D eigenvalue weighted by atomic mass is 16.3. The summed E-state index contributed by atoms with van der Waals surface area (Å²) in [5, 5.41) is 12.8. The molecule has 3 nitrogen and oxygen atoms in total. The van der Waals surface area contributed by atoms with Crippen LogP contribution in [0.5, 0.6) is 0 Å². The molecule has 2 N–H and O–H groups in total. The van der Waals surface area contributed by atoms with E-state index in [9.17, 15) is 9.90 Å². The standard InChI is InChI=1S/C9H15NO2/c1-7(11)10-8-2-4-9(12,6-8)5-3-8/h12H,2-6H2,1H3,(H,10,11). The second-order valence-corrected chi connectivity index (χ2v) is 4.36. The molecule has 0 atom stereocenters. The quantitative estimate of drug-likeness (QED) is 0.603. The van der Waals surface area contributed by atoms with E-state index < -0.39 is 5.60 Å². The first-order chi connectivity index (χ1) is 5.54. The predicted octanol–water partition coefficient (Wildman–Crippen LogP) is 0.570. The molecule has 68 valence electrons.